The van der Waals surface area contributed by atoms with E-state index in [2.05, 4.69) is 4.72 Å². The van der Waals surface area contributed by atoms with Crippen LogP contribution in [0.25, 0.3) is 0 Å². The normalized spacial score (nSPS) is 14.5. The second-order valence-electron chi connectivity index (χ2n) is 5.34. The minimum absolute atomic E-state index is 0.377. The van der Waals surface area contributed by atoms with E-state index in [1.54, 1.807) is 19.1 Å². The molecular weight excluding hydrogens is 304 g/mol. The summed E-state index contributed by atoms with van der Waals surface area (Å²) < 4.78 is 33.1. The third-order valence-electron chi connectivity index (χ3n) is 4.03. The Kier molecular flexibility index (Phi) is 5.08. The Morgan fingerprint density at radius 2 is 1.91 bits per heavy atom. The van der Waals surface area contributed by atoms with E-state index in [4.69, 9.17) is 4.74 Å². The summed E-state index contributed by atoms with van der Waals surface area (Å²) in [7, 11) is -0.691. The molecule has 0 amide bonds. The molecule has 1 aromatic rings. The Bertz CT molecular complexity index is 670. The molecular formula is C15H22N2O4S. The van der Waals surface area contributed by atoms with Gasteiger partial charge in [0, 0.05) is 13.6 Å². The van der Waals surface area contributed by atoms with E-state index in [1.807, 2.05) is 0 Å². The van der Waals surface area contributed by atoms with Gasteiger partial charge in [0.1, 0.15) is 0 Å². The first-order valence-electron chi connectivity index (χ1n) is 7.37. The topological polar surface area (TPSA) is 75.7 Å². The molecule has 22 heavy (non-hydrogen) atoms. The van der Waals surface area contributed by atoms with E-state index in [0.717, 1.165) is 36.8 Å². The molecule has 0 atom stereocenters. The van der Waals surface area contributed by atoms with Gasteiger partial charge in [0.25, 0.3) is 0 Å². The van der Waals surface area contributed by atoms with E-state index in [1.165, 1.54) is 18.5 Å². The van der Waals surface area contributed by atoms with Gasteiger partial charge in [-0.05, 0) is 48.9 Å². The van der Waals surface area contributed by atoms with Crippen LogP contribution in [0.4, 0.5) is 5.69 Å². The van der Waals surface area contributed by atoms with Crippen LogP contribution in [-0.2, 0) is 27.8 Å². The molecule has 1 N–H and O–H groups in total. The number of fused-ring (bicyclic) bond motifs is 1. The maximum atomic E-state index is 12.2. The molecule has 0 radical (unpaired) electrons. The molecule has 2 rings (SSSR count). The van der Waals surface area contributed by atoms with Gasteiger partial charge in [0.2, 0.25) is 0 Å². The van der Waals surface area contributed by atoms with Crippen LogP contribution < -0.4 is 4.72 Å². The van der Waals surface area contributed by atoms with E-state index in [-0.39, 0.29) is 5.97 Å². The molecule has 1 aliphatic rings. The highest BCUT2D eigenvalue weighted by Crippen LogP contribution is 2.32. The van der Waals surface area contributed by atoms with E-state index < -0.39 is 10.2 Å². The van der Waals surface area contributed by atoms with Crippen LogP contribution in [-0.4, -0.2) is 39.4 Å². The number of ether oxygens (including phenoxy) is 1. The lowest BCUT2D eigenvalue weighted by Crippen LogP contribution is -2.32. The maximum absolute atomic E-state index is 12.2. The molecule has 0 aliphatic heterocycles. The Morgan fingerprint density at radius 1 is 1.27 bits per heavy atom. The van der Waals surface area contributed by atoms with Crippen LogP contribution in [0, 0.1) is 0 Å². The van der Waals surface area contributed by atoms with Gasteiger partial charge in [-0.25, -0.2) is 4.79 Å². The lowest BCUT2D eigenvalue weighted by atomic mass is 9.87. The second-order valence-corrected chi connectivity index (χ2v) is 7.12. The molecule has 0 aromatic heterocycles. The van der Waals surface area contributed by atoms with Crippen molar-refractivity contribution in [2.24, 2.45) is 0 Å². The zero-order chi connectivity index (χ0) is 16.3. The van der Waals surface area contributed by atoms with E-state index in [9.17, 15) is 13.2 Å². The highest BCUT2D eigenvalue weighted by Gasteiger charge is 2.24. The Balaban J connectivity index is 2.44. The summed E-state index contributed by atoms with van der Waals surface area (Å²) in [5, 5.41) is 0. The van der Waals surface area contributed by atoms with Crippen LogP contribution in [0.5, 0.6) is 0 Å². The highest BCUT2D eigenvalue weighted by molar-refractivity contribution is 7.90. The highest BCUT2D eigenvalue weighted by atomic mass is 32.2. The fraction of sp³-hybridized carbons (Fsp3) is 0.533. The number of nitrogens with one attached hydrogen (secondary N) is 1. The molecule has 1 aromatic carbocycles. The zero-order valence-corrected chi connectivity index (χ0v) is 14.0. The van der Waals surface area contributed by atoms with Crippen LogP contribution >= 0.6 is 0 Å². The maximum Gasteiger partial charge on any atom is 0.338 e. The van der Waals surface area contributed by atoms with Crippen molar-refractivity contribution < 1.29 is 17.9 Å². The molecule has 0 spiro atoms. The largest absolute Gasteiger partial charge is 0.465 e. The minimum Gasteiger partial charge on any atom is -0.465 e. The predicted molar refractivity (Wildman–Crippen MR) is 85.3 cm³/mol. The number of esters is 1. The number of carbonyl (C=O) groups excluding carboxylic acids is 1. The summed E-state index contributed by atoms with van der Waals surface area (Å²) in [5.74, 6) is -0.377. The summed E-state index contributed by atoms with van der Waals surface area (Å²) in [6.45, 7) is 2.16. The van der Waals surface area contributed by atoms with Crippen LogP contribution in [0.2, 0.25) is 0 Å². The van der Waals surface area contributed by atoms with Crippen molar-refractivity contribution in [3.8, 4) is 0 Å². The second kappa shape index (κ2) is 6.66. The summed E-state index contributed by atoms with van der Waals surface area (Å²) >= 11 is 0. The van der Waals surface area contributed by atoms with Crippen molar-refractivity contribution in [1.82, 2.24) is 4.31 Å². The summed E-state index contributed by atoms with van der Waals surface area (Å²) in [6, 6.07) is 3.29. The van der Waals surface area contributed by atoms with Crippen LogP contribution in [0.3, 0.4) is 0 Å². The first-order valence-corrected chi connectivity index (χ1v) is 8.81. The smallest absolute Gasteiger partial charge is 0.338 e. The molecule has 0 saturated carbocycles. The van der Waals surface area contributed by atoms with Gasteiger partial charge in [-0.1, -0.05) is 6.92 Å². The third kappa shape index (κ3) is 3.25. The van der Waals surface area contributed by atoms with Gasteiger partial charge in [-0.15, -0.1) is 0 Å². The summed E-state index contributed by atoms with van der Waals surface area (Å²) in [5.41, 5.74) is 2.89. The zero-order valence-electron chi connectivity index (χ0n) is 13.2. The van der Waals surface area contributed by atoms with Crippen LogP contribution in [0.15, 0.2) is 12.1 Å². The standard InChI is InChI=1S/C15H22N2O4S/c1-4-17(2)22(19,20)16-14-10-9-13(15(18)21-3)11-7-5-6-8-12(11)14/h9-10,16H,4-8H2,1-3H3. The summed E-state index contributed by atoms with van der Waals surface area (Å²) in [6.07, 6.45) is 3.49. The monoisotopic (exact) mass is 326 g/mol. The van der Waals surface area contributed by atoms with Crippen molar-refractivity contribution >= 4 is 21.9 Å². The van der Waals surface area contributed by atoms with E-state index >= 15 is 0 Å². The van der Waals surface area contributed by atoms with Crippen molar-refractivity contribution in [2.75, 3.05) is 25.4 Å². The summed E-state index contributed by atoms with van der Waals surface area (Å²) in [4.78, 5) is 11.9. The number of rotatable bonds is 5. The first-order chi connectivity index (χ1) is 10.4. The quantitative estimate of drug-likeness (QED) is 0.839. The molecule has 122 valence electrons. The Labute approximate surface area is 131 Å². The number of benzene rings is 1. The van der Waals surface area contributed by atoms with Gasteiger partial charge in [0.05, 0.1) is 18.4 Å². The van der Waals surface area contributed by atoms with Crippen molar-refractivity contribution in [3.63, 3.8) is 0 Å². The Morgan fingerprint density at radius 3 is 2.50 bits per heavy atom. The molecule has 6 nitrogen and oxygen atoms in total. The number of nitrogens with zero attached hydrogens (tertiary/aromatic N) is 1. The van der Waals surface area contributed by atoms with Gasteiger partial charge < -0.3 is 4.74 Å². The molecule has 1 aliphatic carbocycles. The first kappa shape index (κ1) is 16.8. The van der Waals surface area contributed by atoms with Gasteiger partial charge >= 0.3 is 16.2 Å². The van der Waals surface area contributed by atoms with Crippen molar-refractivity contribution in [2.45, 2.75) is 32.6 Å². The van der Waals surface area contributed by atoms with E-state index in [0.29, 0.717) is 17.8 Å². The predicted octanol–water partition coefficient (Wildman–Crippen LogP) is 1.96. The number of methoxy groups -OCH3 is 1. The SMILES string of the molecule is CCN(C)S(=O)(=O)Nc1ccc(C(=O)OC)c2c1CCCC2. The fourth-order valence-corrected chi connectivity index (χ4v) is 3.62. The van der Waals surface area contributed by atoms with Crippen molar-refractivity contribution in [1.29, 1.82) is 0 Å². The number of hydrogen-bond acceptors (Lipinski definition) is 4. The molecule has 0 unspecified atom stereocenters. The van der Waals surface area contributed by atoms with Crippen LogP contribution in [0.1, 0.15) is 41.3 Å². The lowest BCUT2D eigenvalue weighted by molar-refractivity contribution is 0.0599. The number of carbonyl (C=O) groups is 1. The Hall–Kier alpha value is -1.60. The number of hydrogen-bond donors (Lipinski definition) is 1. The number of anilines is 1. The molecule has 0 heterocycles. The van der Waals surface area contributed by atoms with Gasteiger partial charge in [-0.2, -0.15) is 12.7 Å². The van der Waals surface area contributed by atoms with Crippen molar-refractivity contribution in [3.05, 3.63) is 28.8 Å². The molecule has 0 bridgehead atoms. The molecule has 7 heteroatoms. The average Bonchev–Trinajstić information content (AvgIpc) is 2.53. The lowest BCUT2D eigenvalue weighted by Gasteiger charge is -2.24. The fourth-order valence-electron chi connectivity index (χ4n) is 2.65. The third-order valence-corrected chi connectivity index (χ3v) is 5.59. The molecule has 0 saturated heterocycles. The van der Waals surface area contributed by atoms with Gasteiger partial charge in [0.15, 0.2) is 0 Å². The average molecular weight is 326 g/mol. The molecule has 0 fully saturated rings. The van der Waals surface area contributed by atoms with Gasteiger partial charge in [-0.3, -0.25) is 4.72 Å². The minimum atomic E-state index is -3.57.